The van der Waals surface area contributed by atoms with E-state index in [2.05, 4.69) is 11.4 Å². The molecular formula is C18H18N2O2S. The topological polar surface area (TPSA) is 40.6 Å². The molecule has 0 N–H and O–H groups in total. The van der Waals surface area contributed by atoms with Gasteiger partial charge < -0.3 is 4.90 Å². The van der Waals surface area contributed by atoms with E-state index in [1.54, 1.807) is 11.3 Å². The second kappa shape index (κ2) is 5.81. The Balaban J connectivity index is 1.63. The fourth-order valence-corrected chi connectivity index (χ4v) is 4.58. The van der Waals surface area contributed by atoms with Crippen LogP contribution in [0.5, 0.6) is 0 Å². The zero-order valence-corrected chi connectivity index (χ0v) is 13.6. The molecule has 3 heterocycles. The Bertz CT molecular complexity index is 740. The van der Waals surface area contributed by atoms with Crippen molar-refractivity contribution in [2.75, 3.05) is 6.54 Å². The third kappa shape index (κ3) is 2.55. The van der Waals surface area contributed by atoms with E-state index in [1.165, 1.54) is 15.3 Å². The molecule has 3 amide bonds. The zero-order chi connectivity index (χ0) is 15.8. The fraction of sp³-hybridized carbons (Fsp3) is 0.333. The standard InChI is InChI=1S/C18H18N2O2S/c21-16-7-6-15-17-14(9-11-23-17)8-10-19(15)18(22)20(16)12-13-4-2-1-3-5-13/h1-5,9,11,15H,6-8,10,12H2/t15-/m1/s1. The predicted molar refractivity (Wildman–Crippen MR) is 89.1 cm³/mol. The molecule has 23 heavy (non-hydrogen) atoms. The predicted octanol–water partition coefficient (Wildman–Crippen LogP) is 3.59. The van der Waals surface area contributed by atoms with Crippen LogP contribution >= 0.6 is 11.3 Å². The molecule has 0 bridgehead atoms. The summed E-state index contributed by atoms with van der Waals surface area (Å²) in [4.78, 5) is 30.0. The third-order valence-electron chi connectivity index (χ3n) is 4.67. The van der Waals surface area contributed by atoms with Crippen LogP contribution in [0, 0.1) is 0 Å². The number of nitrogens with zero attached hydrogens (tertiary/aromatic N) is 2. The molecule has 0 aliphatic carbocycles. The van der Waals surface area contributed by atoms with Gasteiger partial charge in [0.15, 0.2) is 0 Å². The maximum atomic E-state index is 13.0. The number of benzene rings is 1. The summed E-state index contributed by atoms with van der Waals surface area (Å²) in [5.41, 5.74) is 2.33. The van der Waals surface area contributed by atoms with Crippen LogP contribution in [0.4, 0.5) is 4.79 Å². The Morgan fingerprint density at radius 3 is 2.74 bits per heavy atom. The fourth-order valence-electron chi connectivity index (χ4n) is 3.48. The second-order valence-corrected chi connectivity index (χ2v) is 7.00. The van der Waals surface area contributed by atoms with Gasteiger partial charge in [0.1, 0.15) is 0 Å². The summed E-state index contributed by atoms with van der Waals surface area (Å²) in [7, 11) is 0. The summed E-state index contributed by atoms with van der Waals surface area (Å²) in [6, 6.07) is 11.8. The molecule has 1 atom stereocenters. The van der Waals surface area contributed by atoms with Gasteiger partial charge in [0.05, 0.1) is 12.6 Å². The van der Waals surface area contributed by atoms with E-state index in [9.17, 15) is 9.59 Å². The van der Waals surface area contributed by atoms with E-state index < -0.39 is 0 Å². The minimum absolute atomic E-state index is 0.0636. The summed E-state index contributed by atoms with van der Waals surface area (Å²) in [6.45, 7) is 1.06. The van der Waals surface area contributed by atoms with Crippen LogP contribution < -0.4 is 0 Å². The average molecular weight is 326 g/mol. The van der Waals surface area contributed by atoms with E-state index in [4.69, 9.17) is 0 Å². The van der Waals surface area contributed by atoms with Crippen LogP contribution in [-0.2, 0) is 17.8 Å². The number of urea groups is 1. The van der Waals surface area contributed by atoms with Crippen LogP contribution in [0.25, 0.3) is 0 Å². The first-order chi connectivity index (χ1) is 11.2. The summed E-state index contributed by atoms with van der Waals surface area (Å²) < 4.78 is 0. The molecule has 1 aromatic heterocycles. The number of amides is 3. The van der Waals surface area contributed by atoms with Gasteiger partial charge in [-0.2, -0.15) is 0 Å². The van der Waals surface area contributed by atoms with Crippen molar-refractivity contribution in [3.63, 3.8) is 0 Å². The quantitative estimate of drug-likeness (QED) is 0.846. The molecule has 5 heteroatoms. The van der Waals surface area contributed by atoms with Gasteiger partial charge in [0.25, 0.3) is 0 Å². The lowest BCUT2D eigenvalue weighted by Crippen LogP contribution is -2.46. The van der Waals surface area contributed by atoms with E-state index in [0.29, 0.717) is 19.5 Å². The van der Waals surface area contributed by atoms with E-state index in [1.807, 2.05) is 35.2 Å². The maximum Gasteiger partial charge on any atom is 0.327 e. The molecule has 1 fully saturated rings. The molecule has 4 rings (SSSR count). The number of imide groups is 1. The van der Waals surface area contributed by atoms with Crippen LogP contribution in [0.1, 0.15) is 34.9 Å². The molecular weight excluding hydrogens is 308 g/mol. The Morgan fingerprint density at radius 2 is 1.91 bits per heavy atom. The number of fused-ring (bicyclic) bond motifs is 3. The summed E-state index contributed by atoms with van der Waals surface area (Å²) in [5, 5.41) is 2.09. The summed E-state index contributed by atoms with van der Waals surface area (Å²) in [6.07, 6.45) is 2.04. The Morgan fingerprint density at radius 1 is 1.09 bits per heavy atom. The highest BCUT2D eigenvalue weighted by Gasteiger charge is 2.39. The minimum Gasteiger partial charge on any atom is -0.316 e. The largest absolute Gasteiger partial charge is 0.327 e. The maximum absolute atomic E-state index is 13.0. The molecule has 0 unspecified atom stereocenters. The molecule has 118 valence electrons. The number of carbonyl (C=O) groups is 2. The van der Waals surface area contributed by atoms with Crippen LogP contribution in [0.2, 0.25) is 0 Å². The molecule has 1 aromatic carbocycles. The third-order valence-corrected chi connectivity index (χ3v) is 5.73. The van der Waals surface area contributed by atoms with Crippen molar-refractivity contribution in [1.82, 2.24) is 9.80 Å². The summed E-state index contributed by atoms with van der Waals surface area (Å²) in [5.74, 6) is -0.0636. The first kappa shape index (κ1) is 14.5. The smallest absolute Gasteiger partial charge is 0.316 e. The van der Waals surface area contributed by atoms with Crippen LogP contribution in [0.3, 0.4) is 0 Å². The van der Waals surface area contributed by atoms with Crippen LogP contribution in [-0.4, -0.2) is 28.3 Å². The second-order valence-electron chi connectivity index (χ2n) is 6.06. The van der Waals surface area contributed by atoms with Crippen molar-refractivity contribution in [3.05, 3.63) is 57.8 Å². The monoisotopic (exact) mass is 326 g/mol. The molecule has 4 nitrogen and oxygen atoms in total. The Hall–Kier alpha value is -2.14. The lowest BCUT2D eigenvalue weighted by atomic mass is 9.99. The lowest BCUT2D eigenvalue weighted by Gasteiger charge is -2.35. The van der Waals surface area contributed by atoms with E-state index in [-0.39, 0.29) is 18.0 Å². The Kier molecular flexibility index (Phi) is 3.65. The number of hydrogen-bond acceptors (Lipinski definition) is 3. The highest BCUT2D eigenvalue weighted by atomic mass is 32.1. The van der Waals surface area contributed by atoms with Gasteiger partial charge >= 0.3 is 6.03 Å². The average Bonchev–Trinajstić information content (AvgIpc) is 3.02. The van der Waals surface area contributed by atoms with Crippen molar-refractivity contribution in [3.8, 4) is 0 Å². The van der Waals surface area contributed by atoms with Crippen molar-refractivity contribution in [2.24, 2.45) is 0 Å². The lowest BCUT2D eigenvalue weighted by molar-refractivity contribution is -0.128. The molecule has 1 saturated heterocycles. The van der Waals surface area contributed by atoms with E-state index in [0.717, 1.165) is 18.4 Å². The first-order valence-electron chi connectivity index (χ1n) is 7.95. The number of carbonyl (C=O) groups excluding carboxylic acids is 2. The molecule has 2 aliphatic rings. The SMILES string of the molecule is O=C1CC[C@@H]2c3sccc3CCN2C(=O)N1Cc1ccccc1. The van der Waals surface area contributed by atoms with Gasteiger partial charge in [-0.3, -0.25) is 9.69 Å². The zero-order valence-electron chi connectivity index (χ0n) is 12.8. The molecule has 0 spiro atoms. The van der Waals surface area contributed by atoms with Gasteiger partial charge in [-0.15, -0.1) is 11.3 Å². The van der Waals surface area contributed by atoms with Crippen LogP contribution in [0.15, 0.2) is 41.8 Å². The molecule has 2 aromatic rings. The highest BCUT2D eigenvalue weighted by molar-refractivity contribution is 7.10. The Labute approximate surface area is 139 Å². The highest BCUT2D eigenvalue weighted by Crippen LogP contribution is 2.39. The van der Waals surface area contributed by atoms with Crippen molar-refractivity contribution < 1.29 is 9.59 Å². The first-order valence-corrected chi connectivity index (χ1v) is 8.83. The number of rotatable bonds is 2. The van der Waals surface area contributed by atoms with Crippen molar-refractivity contribution >= 4 is 23.3 Å². The molecule has 0 saturated carbocycles. The van der Waals surface area contributed by atoms with Gasteiger partial charge in [-0.25, -0.2) is 4.79 Å². The van der Waals surface area contributed by atoms with Gasteiger partial charge in [-0.05, 0) is 35.4 Å². The molecule has 0 radical (unpaired) electrons. The number of hydrogen-bond donors (Lipinski definition) is 0. The molecule has 2 aliphatic heterocycles. The summed E-state index contributed by atoms with van der Waals surface area (Å²) >= 11 is 1.71. The van der Waals surface area contributed by atoms with Crippen molar-refractivity contribution in [1.29, 1.82) is 0 Å². The minimum atomic E-state index is -0.139. The van der Waals surface area contributed by atoms with Gasteiger partial charge in [0.2, 0.25) is 5.91 Å². The van der Waals surface area contributed by atoms with Gasteiger partial charge in [0, 0.05) is 17.8 Å². The van der Waals surface area contributed by atoms with E-state index >= 15 is 0 Å². The van der Waals surface area contributed by atoms with Crippen molar-refractivity contribution in [2.45, 2.75) is 31.8 Å². The number of thiophene rings is 1. The normalized spacial score (nSPS) is 21.0. The van der Waals surface area contributed by atoms with Gasteiger partial charge in [-0.1, -0.05) is 30.3 Å².